The van der Waals surface area contributed by atoms with Crippen molar-refractivity contribution in [2.24, 2.45) is 0 Å². The Bertz CT molecular complexity index is 665. The van der Waals surface area contributed by atoms with Gasteiger partial charge in [-0.3, -0.25) is 0 Å². The molecule has 2 aromatic rings. The molecule has 2 N–H and O–H groups in total. The highest BCUT2D eigenvalue weighted by atomic mass is 32.2. The first-order chi connectivity index (χ1) is 10.9. The van der Waals surface area contributed by atoms with E-state index in [0.717, 1.165) is 22.7 Å². The topological polar surface area (TPSA) is 67.2 Å². The lowest BCUT2D eigenvalue weighted by atomic mass is 10.1. The number of thioether (sulfide) groups is 1. The first-order valence-corrected chi connectivity index (χ1v) is 8.84. The molecule has 0 aliphatic heterocycles. The van der Waals surface area contributed by atoms with Crippen molar-refractivity contribution in [3.05, 3.63) is 46.8 Å². The number of hydrogen-bond donors (Lipinski definition) is 2. The number of carbonyl (C=O) groups is 1. The first kappa shape index (κ1) is 17.4. The Balaban J connectivity index is 2.02. The Labute approximate surface area is 141 Å². The molecule has 2 amide bonds. The molecule has 1 heterocycles. The molecular formula is C17H23N3O2S. The monoisotopic (exact) mass is 333 g/mol. The lowest BCUT2D eigenvalue weighted by molar-refractivity contribution is 0.249. The van der Waals surface area contributed by atoms with Crippen LogP contribution in [-0.4, -0.2) is 17.4 Å². The Morgan fingerprint density at radius 3 is 2.65 bits per heavy atom. The van der Waals surface area contributed by atoms with E-state index in [1.165, 1.54) is 5.56 Å². The van der Waals surface area contributed by atoms with Crippen molar-refractivity contribution in [1.82, 2.24) is 10.5 Å². The molecule has 0 spiro atoms. The highest BCUT2D eigenvalue weighted by molar-refractivity contribution is 7.98. The quantitative estimate of drug-likeness (QED) is 0.839. The molecule has 124 valence electrons. The fourth-order valence-corrected chi connectivity index (χ4v) is 2.97. The van der Waals surface area contributed by atoms with Crippen LogP contribution in [0.3, 0.4) is 0 Å². The van der Waals surface area contributed by atoms with E-state index in [1.54, 1.807) is 11.8 Å². The molecule has 2 atom stereocenters. The summed E-state index contributed by atoms with van der Waals surface area (Å²) in [6.07, 6.45) is 2.07. The number of aromatic nitrogens is 1. The van der Waals surface area contributed by atoms with E-state index in [-0.39, 0.29) is 12.1 Å². The largest absolute Gasteiger partial charge is 0.361 e. The number of nitrogens with zero attached hydrogens (tertiary/aromatic N) is 1. The van der Waals surface area contributed by atoms with Gasteiger partial charge < -0.3 is 15.2 Å². The number of benzene rings is 1. The molecule has 23 heavy (non-hydrogen) atoms. The van der Waals surface area contributed by atoms with Crippen LogP contribution in [0, 0.1) is 13.8 Å². The first-order valence-electron chi connectivity index (χ1n) is 7.55. The molecule has 0 fully saturated rings. The third kappa shape index (κ3) is 4.28. The van der Waals surface area contributed by atoms with Crippen molar-refractivity contribution < 1.29 is 9.32 Å². The number of nitrogens with one attached hydrogen (secondary N) is 2. The van der Waals surface area contributed by atoms with Crippen LogP contribution < -0.4 is 10.6 Å². The van der Waals surface area contributed by atoms with E-state index in [2.05, 4.69) is 35.0 Å². The third-order valence-electron chi connectivity index (χ3n) is 3.84. The molecule has 5 nitrogen and oxygen atoms in total. The summed E-state index contributed by atoms with van der Waals surface area (Å²) in [4.78, 5) is 12.2. The second-order valence-electron chi connectivity index (χ2n) is 5.56. The minimum atomic E-state index is -0.244. The molecule has 0 saturated carbocycles. The van der Waals surface area contributed by atoms with Crippen LogP contribution in [0.4, 0.5) is 10.5 Å². The molecule has 2 rings (SSSR count). The Morgan fingerprint density at radius 2 is 2.04 bits per heavy atom. The smallest absolute Gasteiger partial charge is 0.319 e. The van der Waals surface area contributed by atoms with E-state index in [4.69, 9.17) is 4.52 Å². The second kappa shape index (κ2) is 7.55. The van der Waals surface area contributed by atoms with Gasteiger partial charge in [0.05, 0.1) is 11.7 Å². The van der Waals surface area contributed by atoms with Crippen molar-refractivity contribution in [3.8, 4) is 0 Å². The molecule has 0 aliphatic carbocycles. The highest BCUT2D eigenvalue weighted by Gasteiger charge is 2.18. The van der Waals surface area contributed by atoms with E-state index < -0.39 is 0 Å². The summed E-state index contributed by atoms with van der Waals surface area (Å²) >= 11 is 1.77. The Hall–Kier alpha value is -1.95. The summed E-state index contributed by atoms with van der Waals surface area (Å²) in [6, 6.07) is 7.49. The van der Waals surface area contributed by atoms with Gasteiger partial charge in [-0.2, -0.15) is 11.8 Å². The molecule has 1 aromatic heterocycles. The summed E-state index contributed by atoms with van der Waals surface area (Å²) in [5.41, 5.74) is 3.69. The zero-order chi connectivity index (χ0) is 17.0. The van der Waals surface area contributed by atoms with Crippen molar-refractivity contribution >= 4 is 23.5 Å². The Morgan fingerprint density at radius 1 is 1.30 bits per heavy atom. The third-order valence-corrected chi connectivity index (χ3v) is 4.82. The van der Waals surface area contributed by atoms with Crippen LogP contribution in [0.5, 0.6) is 0 Å². The number of hydrogen-bond acceptors (Lipinski definition) is 4. The van der Waals surface area contributed by atoms with Crippen LogP contribution in [0.2, 0.25) is 0 Å². The van der Waals surface area contributed by atoms with Crippen LogP contribution in [0.25, 0.3) is 0 Å². The molecule has 6 heteroatoms. The van der Waals surface area contributed by atoms with Crippen LogP contribution >= 0.6 is 11.8 Å². The number of urea groups is 1. The summed E-state index contributed by atoms with van der Waals surface area (Å²) in [6.45, 7) is 7.77. The van der Waals surface area contributed by atoms with Gasteiger partial charge in [0.15, 0.2) is 0 Å². The average molecular weight is 333 g/mol. The molecule has 0 bridgehead atoms. The molecular weight excluding hydrogens is 310 g/mol. The SMILES string of the molecule is CS[C@@H](C)c1cccc(NC(=O)N[C@@H](C)c2c(C)noc2C)c1. The van der Waals surface area contributed by atoms with Gasteiger partial charge in [0.2, 0.25) is 0 Å². The summed E-state index contributed by atoms with van der Waals surface area (Å²) in [5.74, 6) is 0.728. The minimum absolute atomic E-state index is 0.172. The number of aryl methyl sites for hydroxylation is 2. The Kier molecular flexibility index (Phi) is 5.71. The maximum atomic E-state index is 12.2. The van der Waals surface area contributed by atoms with Gasteiger partial charge in [-0.1, -0.05) is 17.3 Å². The fraction of sp³-hybridized carbons (Fsp3) is 0.412. The minimum Gasteiger partial charge on any atom is -0.361 e. The zero-order valence-electron chi connectivity index (χ0n) is 14.1. The molecule has 0 unspecified atom stereocenters. The number of anilines is 1. The highest BCUT2D eigenvalue weighted by Crippen LogP contribution is 2.27. The van der Waals surface area contributed by atoms with E-state index >= 15 is 0 Å². The fourth-order valence-electron chi connectivity index (χ4n) is 2.55. The standard InChI is InChI=1S/C17H23N3O2S/c1-10(16-11(2)20-22-12(16)3)18-17(21)19-15-8-6-7-14(9-15)13(4)23-5/h6-10,13H,1-5H3,(H2,18,19,21)/t10-,13-/m0/s1. The molecule has 1 aromatic carbocycles. The van der Waals surface area contributed by atoms with Crippen molar-refractivity contribution in [2.45, 2.75) is 39.0 Å². The lowest BCUT2D eigenvalue weighted by Crippen LogP contribution is -2.31. The maximum absolute atomic E-state index is 12.2. The van der Waals surface area contributed by atoms with E-state index in [0.29, 0.717) is 5.25 Å². The van der Waals surface area contributed by atoms with E-state index in [1.807, 2.05) is 39.0 Å². The molecule has 0 aliphatic rings. The van der Waals surface area contributed by atoms with Gasteiger partial charge in [0.1, 0.15) is 5.76 Å². The van der Waals surface area contributed by atoms with Gasteiger partial charge in [-0.15, -0.1) is 0 Å². The van der Waals surface area contributed by atoms with Crippen LogP contribution in [0.15, 0.2) is 28.8 Å². The van der Waals surface area contributed by atoms with Gasteiger partial charge >= 0.3 is 6.03 Å². The number of carbonyl (C=O) groups excluding carboxylic acids is 1. The zero-order valence-corrected chi connectivity index (χ0v) is 15.0. The van der Waals surface area contributed by atoms with Crippen molar-refractivity contribution in [3.63, 3.8) is 0 Å². The predicted octanol–water partition coefficient (Wildman–Crippen LogP) is 4.60. The number of rotatable bonds is 5. The summed E-state index contributed by atoms with van der Waals surface area (Å²) in [5, 5.41) is 10.1. The van der Waals surface area contributed by atoms with Gasteiger partial charge in [0, 0.05) is 16.5 Å². The summed E-state index contributed by atoms with van der Waals surface area (Å²) in [7, 11) is 0. The molecule has 0 saturated heterocycles. The van der Waals surface area contributed by atoms with Crippen molar-refractivity contribution in [2.75, 3.05) is 11.6 Å². The van der Waals surface area contributed by atoms with E-state index in [9.17, 15) is 4.79 Å². The van der Waals surface area contributed by atoms with Gasteiger partial charge in [-0.05, 0) is 51.6 Å². The van der Waals surface area contributed by atoms with Gasteiger partial charge in [-0.25, -0.2) is 4.79 Å². The van der Waals surface area contributed by atoms with Crippen LogP contribution in [0.1, 0.15) is 47.7 Å². The van der Waals surface area contributed by atoms with Gasteiger partial charge in [0.25, 0.3) is 0 Å². The number of amides is 2. The maximum Gasteiger partial charge on any atom is 0.319 e. The lowest BCUT2D eigenvalue weighted by Gasteiger charge is -2.15. The van der Waals surface area contributed by atoms with Crippen molar-refractivity contribution in [1.29, 1.82) is 0 Å². The van der Waals surface area contributed by atoms with Crippen LogP contribution in [-0.2, 0) is 0 Å². The predicted molar refractivity (Wildman–Crippen MR) is 94.9 cm³/mol. The normalized spacial score (nSPS) is 13.4. The second-order valence-corrected chi connectivity index (χ2v) is 6.74. The molecule has 0 radical (unpaired) electrons. The summed E-state index contributed by atoms with van der Waals surface area (Å²) < 4.78 is 5.15. The average Bonchev–Trinajstić information content (AvgIpc) is 2.85.